The van der Waals surface area contributed by atoms with Gasteiger partial charge >= 0.3 is 6.18 Å². The number of sulfonamides is 1. The van der Waals surface area contributed by atoms with Crippen LogP contribution in [0.15, 0.2) is 52.3 Å². The van der Waals surface area contributed by atoms with Crippen molar-refractivity contribution in [3.63, 3.8) is 0 Å². The summed E-state index contributed by atoms with van der Waals surface area (Å²) in [5.41, 5.74) is -0.305. The van der Waals surface area contributed by atoms with Crippen LogP contribution in [-0.4, -0.2) is 39.3 Å². The number of alkyl halides is 3. The van der Waals surface area contributed by atoms with Crippen molar-refractivity contribution in [2.75, 3.05) is 13.7 Å². The summed E-state index contributed by atoms with van der Waals surface area (Å²) in [6.07, 6.45) is -3.63. The van der Waals surface area contributed by atoms with Gasteiger partial charge in [-0.3, -0.25) is 4.99 Å². The summed E-state index contributed by atoms with van der Waals surface area (Å²) < 4.78 is 85.4. The van der Waals surface area contributed by atoms with Crippen LogP contribution in [-0.2, 0) is 10.0 Å². The van der Waals surface area contributed by atoms with Gasteiger partial charge < -0.3 is 4.74 Å². The van der Waals surface area contributed by atoms with Crippen molar-refractivity contribution in [3.05, 3.63) is 52.8 Å². The van der Waals surface area contributed by atoms with Gasteiger partial charge in [0, 0.05) is 12.7 Å². The molecule has 0 heterocycles. The van der Waals surface area contributed by atoms with Gasteiger partial charge in [-0.15, -0.1) is 0 Å². The third-order valence-corrected chi connectivity index (χ3v) is 5.41. The molecule has 10 heteroatoms. The Kier molecular flexibility index (Phi) is 7.73. The molecule has 1 atom stereocenters. The van der Waals surface area contributed by atoms with Crippen molar-refractivity contribution in [1.29, 1.82) is 0 Å². The predicted octanol–water partition coefficient (Wildman–Crippen LogP) is 4.37. The molecule has 0 saturated carbocycles. The summed E-state index contributed by atoms with van der Waals surface area (Å²) in [6, 6.07) is 2.37. The highest BCUT2D eigenvalue weighted by Gasteiger charge is 2.49. The van der Waals surface area contributed by atoms with E-state index in [1.807, 2.05) is 0 Å². The number of hydrogen-bond donors (Lipinski definition) is 0. The van der Waals surface area contributed by atoms with Crippen LogP contribution >= 0.6 is 0 Å². The van der Waals surface area contributed by atoms with Gasteiger partial charge in [-0.25, -0.2) is 12.8 Å². The average molecular weight is 408 g/mol. The van der Waals surface area contributed by atoms with Gasteiger partial charge in [0.15, 0.2) is 0 Å². The second-order valence-electron chi connectivity index (χ2n) is 5.37. The van der Waals surface area contributed by atoms with Crippen LogP contribution in [0.3, 0.4) is 0 Å². The molecule has 0 amide bonds. The fourth-order valence-corrected chi connectivity index (χ4v) is 4.04. The molecule has 0 unspecified atom stereocenters. The first-order valence-corrected chi connectivity index (χ1v) is 9.15. The second kappa shape index (κ2) is 9.14. The molecule has 0 aromatic heterocycles. The average Bonchev–Trinajstić information content (AvgIpc) is 2.57. The Morgan fingerprint density at radius 2 is 1.89 bits per heavy atom. The molecule has 0 spiro atoms. The van der Waals surface area contributed by atoms with Gasteiger partial charge in [0.25, 0.3) is 0 Å². The van der Waals surface area contributed by atoms with Crippen molar-refractivity contribution in [2.45, 2.75) is 26.1 Å². The molecule has 27 heavy (non-hydrogen) atoms. The van der Waals surface area contributed by atoms with Gasteiger partial charge in [0.2, 0.25) is 10.0 Å². The van der Waals surface area contributed by atoms with Gasteiger partial charge in [-0.05, 0) is 37.4 Å². The maximum absolute atomic E-state index is 13.8. The topological polar surface area (TPSA) is 59.0 Å². The molecule has 5 nitrogen and oxygen atoms in total. The molecule has 150 valence electrons. The van der Waals surface area contributed by atoms with E-state index < -0.39 is 39.5 Å². The summed E-state index contributed by atoms with van der Waals surface area (Å²) in [5, 5.41) is 0. The Morgan fingerprint density at radius 3 is 2.26 bits per heavy atom. The number of benzene rings is 1. The highest BCUT2D eigenvalue weighted by molar-refractivity contribution is 7.93. The molecule has 0 bridgehead atoms. The van der Waals surface area contributed by atoms with Gasteiger partial charge in [-0.1, -0.05) is 19.1 Å². The Morgan fingerprint density at radius 1 is 1.33 bits per heavy atom. The molecule has 1 rings (SSSR count). The second-order valence-corrected chi connectivity index (χ2v) is 7.26. The van der Waals surface area contributed by atoms with Crippen LogP contribution in [0.1, 0.15) is 25.5 Å². The van der Waals surface area contributed by atoms with Crippen LogP contribution in [0.4, 0.5) is 17.6 Å². The molecule has 0 radical (unpaired) electrons. The first kappa shape index (κ1) is 22.8. The Hall–Kier alpha value is -2.20. The fourth-order valence-electron chi connectivity index (χ4n) is 2.40. The number of halogens is 4. The van der Waals surface area contributed by atoms with Gasteiger partial charge in [0.05, 0.1) is 12.9 Å². The van der Waals surface area contributed by atoms with Crippen LogP contribution in [0, 0.1) is 0 Å². The summed E-state index contributed by atoms with van der Waals surface area (Å²) in [7, 11) is -3.37. The zero-order valence-electron chi connectivity index (χ0n) is 15.0. The molecule has 0 fully saturated rings. The maximum atomic E-state index is 13.8. The van der Waals surface area contributed by atoms with E-state index in [0.29, 0.717) is 18.0 Å². The molecular weight excluding hydrogens is 388 g/mol. The van der Waals surface area contributed by atoms with E-state index in [9.17, 15) is 26.0 Å². The number of nitrogens with zero attached hydrogens (tertiary/aromatic N) is 2. The van der Waals surface area contributed by atoms with Gasteiger partial charge in [0.1, 0.15) is 16.7 Å². The van der Waals surface area contributed by atoms with E-state index in [0.717, 1.165) is 19.1 Å². The molecule has 1 aromatic rings. The summed E-state index contributed by atoms with van der Waals surface area (Å²) in [6.45, 7) is 4.79. The zero-order chi connectivity index (χ0) is 20.8. The standard InChI is InChI=1S/C17H20F4N2O3S/c1-5-23(27(24,25)15(11-22-3)10-12(2)18)16(17(19,20)21)13-6-8-14(26-4)9-7-13/h6-11,16H,3,5H2,1-2,4H3/b12-10+,15-11+/t16-/m1/s1. The van der Waals surface area contributed by atoms with E-state index in [2.05, 4.69) is 11.7 Å². The monoisotopic (exact) mass is 408 g/mol. The number of rotatable bonds is 8. The molecule has 0 aliphatic rings. The van der Waals surface area contributed by atoms with Crippen LogP contribution in [0.25, 0.3) is 0 Å². The minimum absolute atomic E-state index is 0.241. The van der Waals surface area contributed by atoms with Crippen molar-refractivity contribution in [1.82, 2.24) is 4.31 Å². The van der Waals surface area contributed by atoms with E-state index in [-0.39, 0.29) is 9.87 Å². The molecule has 0 aliphatic carbocycles. The quantitative estimate of drug-likeness (QED) is 0.365. The molecule has 0 aliphatic heterocycles. The Balaban J connectivity index is 3.59. The molecule has 0 N–H and O–H groups in total. The van der Waals surface area contributed by atoms with Crippen LogP contribution in [0.2, 0.25) is 0 Å². The maximum Gasteiger partial charge on any atom is 0.409 e. The Bertz CT molecular complexity index is 812. The molecule has 1 aromatic carbocycles. The van der Waals surface area contributed by atoms with Crippen molar-refractivity contribution >= 4 is 16.7 Å². The van der Waals surface area contributed by atoms with Crippen molar-refractivity contribution in [3.8, 4) is 5.75 Å². The predicted molar refractivity (Wildman–Crippen MR) is 95.6 cm³/mol. The molecular formula is C17H20F4N2O3S. The van der Waals surface area contributed by atoms with Crippen LogP contribution in [0.5, 0.6) is 5.75 Å². The largest absolute Gasteiger partial charge is 0.497 e. The highest BCUT2D eigenvalue weighted by atomic mass is 32.2. The first-order chi connectivity index (χ1) is 12.5. The third-order valence-electron chi connectivity index (χ3n) is 3.51. The first-order valence-electron chi connectivity index (χ1n) is 7.71. The minimum Gasteiger partial charge on any atom is -0.497 e. The van der Waals surface area contributed by atoms with Crippen molar-refractivity contribution in [2.24, 2.45) is 4.99 Å². The lowest BCUT2D eigenvalue weighted by molar-refractivity contribution is -0.173. The lowest BCUT2D eigenvalue weighted by Gasteiger charge is -2.32. The van der Waals surface area contributed by atoms with Crippen LogP contribution < -0.4 is 4.74 Å². The number of methoxy groups -OCH3 is 1. The smallest absolute Gasteiger partial charge is 0.409 e. The van der Waals surface area contributed by atoms with E-state index >= 15 is 0 Å². The summed E-state index contributed by atoms with van der Waals surface area (Å²) in [5.74, 6) is -0.587. The highest BCUT2D eigenvalue weighted by Crippen LogP contribution is 2.41. The fraction of sp³-hybridized carbons (Fsp3) is 0.353. The third kappa shape index (κ3) is 5.64. The summed E-state index contributed by atoms with van der Waals surface area (Å²) in [4.78, 5) is 2.53. The minimum atomic E-state index is -4.92. The van der Waals surface area contributed by atoms with E-state index in [1.165, 1.54) is 26.2 Å². The Labute approximate surface area is 155 Å². The zero-order valence-corrected chi connectivity index (χ0v) is 15.8. The normalized spacial score (nSPS) is 15.0. The van der Waals surface area contributed by atoms with E-state index in [4.69, 9.17) is 4.74 Å². The summed E-state index contributed by atoms with van der Waals surface area (Å²) >= 11 is 0. The number of hydrogen-bond acceptors (Lipinski definition) is 4. The number of allylic oxidation sites excluding steroid dienone is 2. The number of ether oxygens (including phenoxy) is 1. The number of aliphatic imine (C=N–C) groups is 1. The lowest BCUT2D eigenvalue weighted by Crippen LogP contribution is -2.42. The molecule has 0 saturated heterocycles. The van der Waals surface area contributed by atoms with Crippen molar-refractivity contribution < 1.29 is 30.7 Å². The van der Waals surface area contributed by atoms with Gasteiger partial charge in [-0.2, -0.15) is 17.5 Å². The lowest BCUT2D eigenvalue weighted by atomic mass is 10.1. The SMILES string of the molecule is C=N/C=C(\C=C(/C)F)S(=O)(=O)N(CC)[C@H](c1ccc(OC)cc1)C(F)(F)F. The van der Waals surface area contributed by atoms with E-state index in [1.54, 1.807) is 0 Å².